The summed E-state index contributed by atoms with van der Waals surface area (Å²) in [4.78, 5) is 25.2. The lowest BCUT2D eigenvalue weighted by molar-refractivity contribution is 0.0899. The Morgan fingerprint density at radius 3 is 2.62 bits per heavy atom. The van der Waals surface area contributed by atoms with Crippen LogP contribution in [0.25, 0.3) is 5.69 Å². The van der Waals surface area contributed by atoms with Crippen molar-refractivity contribution in [1.82, 2.24) is 4.57 Å². The third-order valence-corrected chi connectivity index (χ3v) is 7.11. The van der Waals surface area contributed by atoms with E-state index in [2.05, 4.69) is 23.7 Å². The van der Waals surface area contributed by atoms with Crippen LogP contribution in [0.15, 0.2) is 18.2 Å². The number of carbonyl (C=O) groups excluding carboxylic acids is 2. The lowest BCUT2D eigenvalue weighted by Gasteiger charge is -2.31. The molecular formula is C25H31N3O4. The van der Waals surface area contributed by atoms with E-state index >= 15 is 0 Å². The van der Waals surface area contributed by atoms with Crippen LogP contribution >= 0.6 is 0 Å². The molecule has 1 fully saturated rings. The maximum Gasteiger partial charge on any atom is 0.250 e. The molecule has 2 aromatic rings. The van der Waals surface area contributed by atoms with E-state index in [9.17, 15) is 14.7 Å². The number of aliphatic hydroxyl groups excluding tert-OH is 1. The molecule has 3 aliphatic rings. The lowest BCUT2D eigenvalue weighted by Crippen LogP contribution is -2.29. The largest absolute Gasteiger partial charge is 0.393 e. The molecule has 1 amide bonds. The maximum atomic E-state index is 13.0. The molecule has 4 N–H and O–H groups in total. The molecule has 0 radical (unpaired) electrons. The highest BCUT2D eigenvalue weighted by Crippen LogP contribution is 2.42. The van der Waals surface area contributed by atoms with E-state index < -0.39 is 5.91 Å². The van der Waals surface area contributed by atoms with Gasteiger partial charge in [-0.3, -0.25) is 9.59 Å². The van der Waals surface area contributed by atoms with Gasteiger partial charge in [-0.25, -0.2) is 0 Å². The predicted molar refractivity (Wildman–Crippen MR) is 121 cm³/mol. The van der Waals surface area contributed by atoms with E-state index in [0.29, 0.717) is 30.9 Å². The summed E-state index contributed by atoms with van der Waals surface area (Å²) < 4.78 is 7.88. The number of hydrogen-bond donors (Lipinski definition) is 3. The number of Topliss-reactive ketones (excluding diaryl/α,β-unsaturated/α-hetero) is 1. The minimum absolute atomic E-state index is 0.105. The molecule has 5 rings (SSSR count). The number of nitrogens with zero attached hydrogens (tertiary/aromatic N) is 1. The van der Waals surface area contributed by atoms with Gasteiger partial charge in [0, 0.05) is 40.7 Å². The highest BCUT2D eigenvalue weighted by molar-refractivity contribution is 6.01. The van der Waals surface area contributed by atoms with Gasteiger partial charge >= 0.3 is 0 Å². The molecule has 0 bridgehead atoms. The van der Waals surface area contributed by atoms with Gasteiger partial charge in [-0.2, -0.15) is 0 Å². The number of amides is 1. The van der Waals surface area contributed by atoms with E-state index in [-0.39, 0.29) is 23.3 Å². The number of aliphatic hydroxyl groups is 1. The van der Waals surface area contributed by atoms with Gasteiger partial charge in [-0.05, 0) is 55.7 Å². The van der Waals surface area contributed by atoms with Crippen LogP contribution in [-0.2, 0) is 24.4 Å². The molecule has 7 nitrogen and oxygen atoms in total. The summed E-state index contributed by atoms with van der Waals surface area (Å²) in [6.07, 6.45) is 4.28. The number of primary amides is 1. The van der Waals surface area contributed by atoms with Crippen molar-refractivity contribution in [2.45, 2.75) is 77.7 Å². The number of hydrogen-bond acceptors (Lipinski definition) is 5. The van der Waals surface area contributed by atoms with Crippen molar-refractivity contribution >= 4 is 17.4 Å². The summed E-state index contributed by atoms with van der Waals surface area (Å²) in [6, 6.07) is 5.82. The Morgan fingerprint density at radius 1 is 1.16 bits per heavy atom. The number of ether oxygens (including phenoxy) is 1. The Hall–Kier alpha value is -2.64. The topological polar surface area (TPSA) is 107 Å². The predicted octanol–water partition coefficient (Wildman–Crippen LogP) is 3.48. The van der Waals surface area contributed by atoms with E-state index in [1.165, 1.54) is 0 Å². The molecule has 0 spiro atoms. The van der Waals surface area contributed by atoms with E-state index in [4.69, 9.17) is 10.5 Å². The van der Waals surface area contributed by atoms with Crippen LogP contribution in [0.4, 0.5) is 5.69 Å². The molecule has 1 aromatic heterocycles. The average molecular weight is 438 g/mol. The number of anilines is 1. The van der Waals surface area contributed by atoms with Crippen LogP contribution in [0.2, 0.25) is 0 Å². The normalized spacial score (nSPS) is 24.2. The van der Waals surface area contributed by atoms with E-state index in [0.717, 1.165) is 60.3 Å². The van der Waals surface area contributed by atoms with Gasteiger partial charge in [-0.1, -0.05) is 13.8 Å². The van der Waals surface area contributed by atoms with Crippen molar-refractivity contribution in [3.63, 3.8) is 0 Å². The first kappa shape index (κ1) is 21.2. The van der Waals surface area contributed by atoms with Crippen molar-refractivity contribution in [2.75, 3.05) is 5.32 Å². The fourth-order valence-electron chi connectivity index (χ4n) is 5.58. The van der Waals surface area contributed by atoms with Crippen LogP contribution < -0.4 is 11.1 Å². The van der Waals surface area contributed by atoms with Crippen molar-refractivity contribution in [2.24, 2.45) is 11.1 Å². The first-order valence-corrected chi connectivity index (χ1v) is 11.5. The van der Waals surface area contributed by atoms with E-state index in [1.807, 2.05) is 12.1 Å². The summed E-state index contributed by atoms with van der Waals surface area (Å²) >= 11 is 0. The Kier molecular flexibility index (Phi) is 5.13. The van der Waals surface area contributed by atoms with Crippen LogP contribution in [0, 0.1) is 5.41 Å². The van der Waals surface area contributed by atoms with Gasteiger partial charge in [-0.15, -0.1) is 0 Å². The number of carbonyl (C=O) groups is 2. The molecule has 2 aliphatic carbocycles. The van der Waals surface area contributed by atoms with Gasteiger partial charge in [0.25, 0.3) is 5.91 Å². The lowest BCUT2D eigenvalue weighted by atomic mass is 9.75. The van der Waals surface area contributed by atoms with Crippen molar-refractivity contribution in [3.8, 4) is 5.69 Å². The Labute approximate surface area is 187 Å². The van der Waals surface area contributed by atoms with Gasteiger partial charge in [0.1, 0.15) is 0 Å². The van der Waals surface area contributed by atoms with Crippen LogP contribution in [0.3, 0.4) is 0 Å². The van der Waals surface area contributed by atoms with Crippen molar-refractivity contribution < 1.29 is 19.4 Å². The second-order valence-corrected chi connectivity index (χ2v) is 10.3. The smallest absolute Gasteiger partial charge is 0.250 e. The molecular weight excluding hydrogens is 406 g/mol. The molecule has 0 unspecified atom stereocenters. The molecule has 7 heteroatoms. The van der Waals surface area contributed by atoms with Gasteiger partial charge in [0.05, 0.1) is 30.6 Å². The highest BCUT2D eigenvalue weighted by atomic mass is 16.5. The zero-order chi connectivity index (χ0) is 22.6. The van der Waals surface area contributed by atoms with Gasteiger partial charge < -0.3 is 25.5 Å². The first-order chi connectivity index (χ1) is 15.2. The number of nitrogens with one attached hydrogen (secondary N) is 1. The number of benzene rings is 1. The van der Waals surface area contributed by atoms with Gasteiger partial charge in [0.15, 0.2) is 5.78 Å². The summed E-state index contributed by atoms with van der Waals surface area (Å²) in [5, 5.41) is 13.3. The molecule has 32 heavy (non-hydrogen) atoms. The molecule has 170 valence electrons. The second-order valence-electron chi connectivity index (χ2n) is 10.3. The average Bonchev–Trinajstić information content (AvgIpc) is 3.28. The van der Waals surface area contributed by atoms with Gasteiger partial charge in [0.2, 0.25) is 0 Å². The maximum absolute atomic E-state index is 13.0. The fraction of sp³-hybridized carbons (Fsp3) is 0.520. The third kappa shape index (κ3) is 3.63. The number of rotatable bonds is 4. The summed E-state index contributed by atoms with van der Waals surface area (Å²) in [5.74, 6) is -0.293. The zero-order valence-electron chi connectivity index (χ0n) is 18.7. The molecule has 1 saturated carbocycles. The highest BCUT2D eigenvalue weighted by Gasteiger charge is 2.39. The number of nitrogens with two attached hydrogens (primary N) is 1. The minimum Gasteiger partial charge on any atom is -0.393 e. The molecule has 1 aromatic carbocycles. The monoisotopic (exact) mass is 437 g/mol. The number of fused-ring (bicyclic) bond motifs is 3. The Morgan fingerprint density at radius 2 is 1.91 bits per heavy atom. The Balaban J connectivity index is 1.59. The SMILES string of the molecule is CC1(C)CC(=O)c2c3c(n(-c4ccc(C(N)=O)c(N[C@H]5CC[C@H](O)CC5)c4)c2C1)COC3. The summed E-state index contributed by atoms with van der Waals surface area (Å²) in [5.41, 5.74) is 11.5. The fourth-order valence-corrected chi connectivity index (χ4v) is 5.58. The first-order valence-electron chi connectivity index (χ1n) is 11.5. The van der Waals surface area contributed by atoms with Crippen LogP contribution in [0.5, 0.6) is 0 Å². The zero-order valence-corrected chi connectivity index (χ0v) is 18.7. The minimum atomic E-state index is -0.477. The summed E-state index contributed by atoms with van der Waals surface area (Å²) in [6.45, 7) is 5.20. The van der Waals surface area contributed by atoms with E-state index in [1.54, 1.807) is 6.07 Å². The molecule has 2 heterocycles. The van der Waals surface area contributed by atoms with Crippen LogP contribution in [-0.4, -0.2) is 33.5 Å². The number of ketones is 1. The van der Waals surface area contributed by atoms with Crippen molar-refractivity contribution in [3.05, 3.63) is 46.3 Å². The second kappa shape index (κ2) is 7.74. The summed E-state index contributed by atoms with van der Waals surface area (Å²) in [7, 11) is 0. The molecule has 0 atom stereocenters. The van der Waals surface area contributed by atoms with Crippen LogP contribution in [0.1, 0.15) is 83.6 Å². The molecule has 1 aliphatic heterocycles. The third-order valence-electron chi connectivity index (χ3n) is 7.11. The number of aromatic nitrogens is 1. The molecule has 0 saturated heterocycles. The quantitative estimate of drug-likeness (QED) is 0.679. The van der Waals surface area contributed by atoms with Crippen molar-refractivity contribution in [1.29, 1.82) is 0 Å². The standard InChI is InChI=1S/C25H31N3O4/c1-25(2)10-20-23(22(30)11-25)18-12-32-13-21(18)28(20)15-5-8-17(24(26)31)19(9-15)27-14-3-6-16(29)7-4-14/h5,8-9,14,16,27,29H,3-4,6-7,10-13H2,1-2H3,(H2,26,31)/t14-,16-. The Bertz CT molecular complexity index is 1090.